The van der Waals surface area contributed by atoms with Gasteiger partial charge in [-0.1, -0.05) is 31.5 Å². The standard InChI is InChI=1S/C30H40N6O2/c1-3-17-36-27-10-6-5-9-26(27)22(2)31-28(29(36)37)33-30(38)32-23-11-13-24(14-12-23)35-20-15-25(16-21-35)34-18-7-4-8-19-34/h5-6,9-14,25,28H,3-4,7-8,15-21H2,1-2H3,(H2,32,33,38). The molecule has 0 aliphatic carbocycles. The Labute approximate surface area is 226 Å². The Morgan fingerprint density at radius 1 is 0.974 bits per heavy atom. The number of amides is 3. The number of hydrogen-bond acceptors (Lipinski definition) is 5. The van der Waals surface area contributed by atoms with Gasteiger partial charge >= 0.3 is 6.03 Å². The van der Waals surface area contributed by atoms with E-state index >= 15 is 0 Å². The number of nitrogens with one attached hydrogen (secondary N) is 2. The second-order valence-corrected chi connectivity index (χ2v) is 10.6. The summed E-state index contributed by atoms with van der Waals surface area (Å²) < 4.78 is 0. The van der Waals surface area contributed by atoms with Crippen LogP contribution in [0.4, 0.5) is 21.9 Å². The first-order valence-corrected chi connectivity index (χ1v) is 14.1. The number of carbonyl (C=O) groups is 2. The number of urea groups is 1. The van der Waals surface area contributed by atoms with Crippen LogP contribution in [0, 0.1) is 0 Å². The number of nitrogens with zero attached hydrogens (tertiary/aromatic N) is 4. The van der Waals surface area contributed by atoms with E-state index in [0.717, 1.165) is 42.5 Å². The van der Waals surface area contributed by atoms with Crippen LogP contribution in [0.15, 0.2) is 53.5 Å². The van der Waals surface area contributed by atoms with Gasteiger partial charge in [-0.3, -0.25) is 9.79 Å². The highest BCUT2D eigenvalue weighted by molar-refractivity contribution is 6.12. The molecule has 0 bridgehead atoms. The third kappa shape index (κ3) is 5.85. The van der Waals surface area contributed by atoms with Crippen molar-refractivity contribution in [1.29, 1.82) is 0 Å². The molecule has 38 heavy (non-hydrogen) atoms. The maximum absolute atomic E-state index is 13.3. The highest BCUT2D eigenvalue weighted by Gasteiger charge is 2.31. The molecule has 2 aromatic carbocycles. The lowest BCUT2D eigenvalue weighted by Crippen LogP contribution is -2.48. The van der Waals surface area contributed by atoms with Crippen LogP contribution in [0.3, 0.4) is 0 Å². The van der Waals surface area contributed by atoms with Crippen LogP contribution in [-0.4, -0.2) is 67.5 Å². The second-order valence-electron chi connectivity index (χ2n) is 10.6. The number of aliphatic imine (C=N–C) groups is 1. The van der Waals surface area contributed by atoms with Gasteiger partial charge < -0.3 is 25.3 Å². The van der Waals surface area contributed by atoms with Crippen molar-refractivity contribution in [1.82, 2.24) is 10.2 Å². The summed E-state index contributed by atoms with van der Waals surface area (Å²) in [5.74, 6) is -0.227. The van der Waals surface area contributed by atoms with E-state index in [1.165, 1.54) is 50.9 Å². The summed E-state index contributed by atoms with van der Waals surface area (Å²) >= 11 is 0. The van der Waals surface area contributed by atoms with E-state index in [1.807, 2.05) is 50.2 Å². The molecule has 0 radical (unpaired) electrons. The molecule has 0 saturated carbocycles. The zero-order valence-corrected chi connectivity index (χ0v) is 22.7. The van der Waals surface area contributed by atoms with Gasteiger partial charge in [0, 0.05) is 48.3 Å². The van der Waals surface area contributed by atoms with Gasteiger partial charge in [0.15, 0.2) is 0 Å². The van der Waals surface area contributed by atoms with Gasteiger partial charge in [0.05, 0.1) is 5.69 Å². The van der Waals surface area contributed by atoms with Crippen molar-refractivity contribution < 1.29 is 9.59 Å². The molecular formula is C30H40N6O2. The Hall–Kier alpha value is -3.39. The van der Waals surface area contributed by atoms with Crippen molar-refractivity contribution in [2.24, 2.45) is 4.99 Å². The van der Waals surface area contributed by atoms with E-state index in [9.17, 15) is 9.59 Å². The van der Waals surface area contributed by atoms with Gasteiger partial charge in [-0.2, -0.15) is 0 Å². The summed E-state index contributed by atoms with van der Waals surface area (Å²) in [6, 6.07) is 16.0. The minimum Gasteiger partial charge on any atom is -0.371 e. The van der Waals surface area contributed by atoms with Crippen molar-refractivity contribution in [2.75, 3.05) is 47.8 Å². The predicted molar refractivity (Wildman–Crippen MR) is 154 cm³/mol. The minimum atomic E-state index is -0.977. The molecule has 3 heterocycles. The molecule has 2 saturated heterocycles. The van der Waals surface area contributed by atoms with Crippen LogP contribution >= 0.6 is 0 Å². The quantitative estimate of drug-likeness (QED) is 0.575. The average molecular weight is 517 g/mol. The monoisotopic (exact) mass is 516 g/mol. The van der Waals surface area contributed by atoms with Crippen LogP contribution in [-0.2, 0) is 4.79 Å². The Kier molecular flexibility index (Phi) is 8.27. The second kappa shape index (κ2) is 12.0. The number of likely N-dealkylation sites (tertiary alicyclic amines) is 1. The van der Waals surface area contributed by atoms with Crippen molar-refractivity contribution in [3.05, 3.63) is 54.1 Å². The lowest BCUT2D eigenvalue weighted by atomic mass is 9.99. The van der Waals surface area contributed by atoms with E-state index < -0.39 is 12.2 Å². The van der Waals surface area contributed by atoms with E-state index in [-0.39, 0.29) is 5.91 Å². The zero-order valence-electron chi connectivity index (χ0n) is 22.7. The summed E-state index contributed by atoms with van der Waals surface area (Å²) in [5.41, 5.74) is 4.34. The van der Waals surface area contributed by atoms with Gasteiger partial charge in [-0.05, 0) is 82.4 Å². The fraction of sp³-hybridized carbons (Fsp3) is 0.500. The van der Waals surface area contributed by atoms with Crippen molar-refractivity contribution in [3.63, 3.8) is 0 Å². The maximum Gasteiger partial charge on any atom is 0.321 e. The Bertz CT molecular complexity index is 1150. The fourth-order valence-electron chi connectivity index (χ4n) is 5.97. The molecule has 202 valence electrons. The number of hydrogen-bond donors (Lipinski definition) is 2. The van der Waals surface area contributed by atoms with Crippen LogP contribution in [0.25, 0.3) is 0 Å². The van der Waals surface area contributed by atoms with Gasteiger partial charge in [-0.25, -0.2) is 4.79 Å². The van der Waals surface area contributed by atoms with Crippen molar-refractivity contribution in [3.8, 4) is 0 Å². The third-order valence-corrected chi connectivity index (χ3v) is 7.98. The lowest BCUT2D eigenvalue weighted by molar-refractivity contribution is -0.120. The third-order valence-electron chi connectivity index (χ3n) is 7.98. The number of rotatable bonds is 6. The topological polar surface area (TPSA) is 80.3 Å². The molecule has 8 nitrogen and oxygen atoms in total. The minimum absolute atomic E-state index is 0.227. The van der Waals surface area contributed by atoms with Crippen molar-refractivity contribution in [2.45, 2.75) is 64.6 Å². The molecule has 3 aliphatic heterocycles. The SMILES string of the molecule is CCCN1C(=O)C(NC(=O)Nc2ccc(N3CCC(N4CCCCC4)CC3)cc2)N=C(C)c2ccccc21. The molecule has 0 spiro atoms. The first-order valence-electron chi connectivity index (χ1n) is 14.1. The summed E-state index contributed by atoms with van der Waals surface area (Å²) in [5, 5.41) is 5.66. The Morgan fingerprint density at radius 2 is 1.68 bits per heavy atom. The smallest absolute Gasteiger partial charge is 0.321 e. The normalized spacial score (nSPS) is 20.9. The number of anilines is 3. The molecular weight excluding hydrogens is 476 g/mol. The van der Waals surface area contributed by atoms with Gasteiger partial charge in [0.25, 0.3) is 5.91 Å². The molecule has 2 aromatic rings. The van der Waals surface area contributed by atoms with E-state index in [4.69, 9.17) is 0 Å². The van der Waals surface area contributed by atoms with E-state index in [0.29, 0.717) is 12.2 Å². The number of para-hydroxylation sites is 1. The maximum atomic E-state index is 13.3. The number of benzodiazepines with no additional fused rings is 1. The highest BCUT2D eigenvalue weighted by Crippen LogP contribution is 2.27. The van der Waals surface area contributed by atoms with Crippen LogP contribution in [0.1, 0.15) is 57.9 Å². The molecule has 0 aromatic heterocycles. The molecule has 2 N–H and O–H groups in total. The van der Waals surface area contributed by atoms with E-state index in [1.54, 1.807) is 4.90 Å². The number of piperidine rings is 2. The number of carbonyl (C=O) groups excluding carboxylic acids is 2. The van der Waals surface area contributed by atoms with E-state index in [2.05, 4.69) is 37.6 Å². The molecule has 3 aliphatic rings. The molecule has 8 heteroatoms. The highest BCUT2D eigenvalue weighted by atomic mass is 16.2. The van der Waals surface area contributed by atoms with Gasteiger partial charge in [0.2, 0.25) is 6.17 Å². The summed E-state index contributed by atoms with van der Waals surface area (Å²) in [4.78, 5) is 37.6. The van der Waals surface area contributed by atoms with Gasteiger partial charge in [-0.15, -0.1) is 0 Å². The summed E-state index contributed by atoms with van der Waals surface area (Å²) in [7, 11) is 0. The average Bonchev–Trinajstić information content (AvgIpc) is 3.05. The fourth-order valence-corrected chi connectivity index (χ4v) is 5.97. The lowest BCUT2D eigenvalue weighted by Gasteiger charge is -2.41. The first-order chi connectivity index (χ1) is 18.5. The molecule has 3 amide bonds. The van der Waals surface area contributed by atoms with Crippen LogP contribution in [0.2, 0.25) is 0 Å². The summed E-state index contributed by atoms with van der Waals surface area (Å²) in [6.07, 6.45) is 6.30. The predicted octanol–water partition coefficient (Wildman–Crippen LogP) is 4.85. The molecule has 1 unspecified atom stereocenters. The van der Waals surface area contributed by atoms with Crippen LogP contribution < -0.4 is 20.4 Å². The number of fused-ring (bicyclic) bond motifs is 1. The molecule has 1 atom stereocenters. The van der Waals surface area contributed by atoms with Crippen LogP contribution in [0.5, 0.6) is 0 Å². The zero-order chi connectivity index (χ0) is 26.5. The van der Waals surface area contributed by atoms with Gasteiger partial charge in [0.1, 0.15) is 0 Å². The summed E-state index contributed by atoms with van der Waals surface area (Å²) in [6.45, 7) is 9.11. The first kappa shape index (κ1) is 26.2. The largest absolute Gasteiger partial charge is 0.371 e. The number of benzene rings is 2. The Morgan fingerprint density at radius 3 is 2.39 bits per heavy atom. The van der Waals surface area contributed by atoms with Crippen molar-refractivity contribution >= 4 is 34.7 Å². The molecule has 2 fully saturated rings. The molecule has 5 rings (SSSR count). The Balaban J connectivity index is 1.18.